The van der Waals surface area contributed by atoms with Crippen LogP contribution in [0, 0.1) is 6.92 Å². The van der Waals surface area contributed by atoms with Crippen LogP contribution >= 0.6 is 0 Å². The molecule has 2 aromatic carbocycles. The maximum absolute atomic E-state index is 12.6. The van der Waals surface area contributed by atoms with Crippen LogP contribution in [0.25, 0.3) is 0 Å². The molecule has 1 amide bonds. The lowest BCUT2D eigenvalue weighted by Crippen LogP contribution is -2.41. The second-order valence-corrected chi connectivity index (χ2v) is 7.76. The zero-order chi connectivity index (χ0) is 17.9. The Bertz CT molecular complexity index is 785. The molecule has 136 valence electrons. The number of likely N-dealkylation sites (tertiary alicyclic amines) is 1. The number of aryl methyl sites for hydroxylation is 2. The van der Waals surface area contributed by atoms with Gasteiger partial charge in [0.25, 0.3) is 0 Å². The van der Waals surface area contributed by atoms with E-state index in [4.69, 9.17) is 0 Å². The molecule has 0 aliphatic carbocycles. The van der Waals surface area contributed by atoms with Gasteiger partial charge in [0.15, 0.2) is 0 Å². The Morgan fingerprint density at radius 3 is 2.77 bits per heavy atom. The molecule has 0 aromatic heterocycles. The number of amides is 1. The summed E-state index contributed by atoms with van der Waals surface area (Å²) in [5.74, 6) is 0.311. The minimum absolute atomic E-state index is 0.311. The smallest absolute Gasteiger partial charge is 0.222 e. The van der Waals surface area contributed by atoms with E-state index in [1.54, 1.807) is 0 Å². The highest BCUT2D eigenvalue weighted by molar-refractivity contribution is 5.76. The van der Waals surface area contributed by atoms with E-state index in [2.05, 4.69) is 65.3 Å². The molecule has 0 bridgehead atoms. The van der Waals surface area contributed by atoms with E-state index in [1.807, 2.05) is 0 Å². The quantitative estimate of drug-likeness (QED) is 0.843. The van der Waals surface area contributed by atoms with Crippen molar-refractivity contribution in [1.29, 1.82) is 0 Å². The van der Waals surface area contributed by atoms with Crippen molar-refractivity contribution in [2.75, 3.05) is 19.6 Å². The second-order valence-electron chi connectivity index (χ2n) is 7.76. The van der Waals surface area contributed by atoms with Crippen molar-refractivity contribution < 1.29 is 4.79 Å². The van der Waals surface area contributed by atoms with E-state index in [0.717, 1.165) is 45.4 Å². The van der Waals surface area contributed by atoms with E-state index in [1.165, 1.54) is 22.3 Å². The molecule has 2 heterocycles. The van der Waals surface area contributed by atoms with E-state index in [-0.39, 0.29) is 0 Å². The largest absolute Gasteiger partial charge is 0.341 e. The SMILES string of the molecule is Cc1cccc(CCC(=O)N2CCC(N3CCc4ccccc4C3)C2)c1. The van der Waals surface area contributed by atoms with E-state index >= 15 is 0 Å². The zero-order valence-corrected chi connectivity index (χ0v) is 15.7. The summed E-state index contributed by atoms with van der Waals surface area (Å²) < 4.78 is 0. The minimum atomic E-state index is 0.311. The number of hydrogen-bond acceptors (Lipinski definition) is 2. The number of carbonyl (C=O) groups excluding carboxylic acids is 1. The van der Waals surface area contributed by atoms with Crippen LogP contribution in [0.2, 0.25) is 0 Å². The molecule has 1 unspecified atom stereocenters. The predicted molar refractivity (Wildman–Crippen MR) is 105 cm³/mol. The molecule has 26 heavy (non-hydrogen) atoms. The van der Waals surface area contributed by atoms with Gasteiger partial charge in [-0.15, -0.1) is 0 Å². The van der Waals surface area contributed by atoms with E-state index in [9.17, 15) is 4.79 Å². The fourth-order valence-corrected chi connectivity index (χ4v) is 4.37. The molecule has 1 saturated heterocycles. The topological polar surface area (TPSA) is 23.6 Å². The highest BCUT2D eigenvalue weighted by atomic mass is 16.2. The van der Waals surface area contributed by atoms with Crippen LogP contribution in [-0.4, -0.2) is 41.4 Å². The number of hydrogen-bond donors (Lipinski definition) is 0. The molecule has 1 fully saturated rings. The van der Waals surface area contributed by atoms with Gasteiger partial charge in [0.2, 0.25) is 5.91 Å². The first-order valence-electron chi connectivity index (χ1n) is 9.83. The maximum Gasteiger partial charge on any atom is 0.222 e. The van der Waals surface area contributed by atoms with Crippen LogP contribution in [0.3, 0.4) is 0 Å². The van der Waals surface area contributed by atoms with Crippen LogP contribution in [0.1, 0.15) is 35.1 Å². The lowest BCUT2D eigenvalue weighted by atomic mass is 9.98. The monoisotopic (exact) mass is 348 g/mol. The number of benzene rings is 2. The fourth-order valence-electron chi connectivity index (χ4n) is 4.37. The van der Waals surface area contributed by atoms with Gasteiger partial charge in [0.1, 0.15) is 0 Å². The molecule has 3 nitrogen and oxygen atoms in total. The molecule has 3 heteroatoms. The van der Waals surface area contributed by atoms with Gasteiger partial charge in [0, 0.05) is 38.6 Å². The molecule has 2 aliphatic rings. The summed E-state index contributed by atoms with van der Waals surface area (Å²) in [6.07, 6.45) is 3.71. The van der Waals surface area contributed by atoms with E-state index in [0.29, 0.717) is 18.4 Å². The third kappa shape index (κ3) is 3.83. The lowest BCUT2D eigenvalue weighted by molar-refractivity contribution is -0.130. The van der Waals surface area contributed by atoms with Crippen LogP contribution in [-0.2, 0) is 24.2 Å². The minimum Gasteiger partial charge on any atom is -0.341 e. The number of nitrogens with zero attached hydrogens (tertiary/aromatic N) is 2. The van der Waals surface area contributed by atoms with Crippen LogP contribution < -0.4 is 0 Å². The Kier molecular flexibility index (Phi) is 5.07. The van der Waals surface area contributed by atoms with Gasteiger partial charge in [-0.3, -0.25) is 9.69 Å². The summed E-state index contributed by atoms with van der Waals surface area (Å²) in [4.78, 5) is 17.3. The average molecular weight is 348 g/mol. The Labute approximate surface area is 156 Å². The molecule has 0 saturated carbocycles. The summed E-state index contributed by atoms with van der Waals surface area (Å²) in [5, 5.41) is 0. The van der Waals surface area contributed by atoms with Gasteiger partial charge >= 0.3 is 0 Å². The van der Waals surface area contributed by atoms with Gasteiger partial charge in [-0.25, -0.2) is 0 Å². The van der Waals surface area contributed by atoms with Crippen molar-refractivity contribution in [1.82, 2.24) is 9.80 Å². The summed E-state index contributed by atoms with van der Waals surface area (Å²) in [6, 6.07) is 17.8. The Hall–Kier alpha value is -2.13. The second kappa shape index (κ2) is 7.63. The van der Waals surface area contributed by atoms with Gasteiger partial charge < -0.3 is 4.90 Å². The van der Waals surface area contributed by atoms with Crippen molar-refractivity contribution >= 4 is 5.91 Å². The molecule has 2 aromatic rings. The van der Waals surface area contributed by atoms with Crippen LogP contribution in [0.5, 0.6) is 0 Å². The summed E-state index contributed by atoms with van der Waals surface area (Å²) in [7, 11) is 0. The van der Waals surface area contributed by atoms with Crippen molar-refractivity contribution in [2.24, 2.45) is 0 Å². The molecule has 2 aliphatic heterocycles. The Morgan fingerprint density at radius 2 is 1.92 bits per heavy atom. The molecule has 0 radical (unpaired) electrons. The first-order chi connectivity index (χ1) is 12.7. The summed E-state index contributed by atoms with van der Waals surface area (Å²) >= 11 is 0. The third-order valence-corrected chi connectivity index (χ3v) is 5.90. The van der Waals surface area contributed by atoms with E-state index < -0.39 is 0 Å². The van der Waals surface area contributed by atoms with Crippen LogP contribution in [0.15, 0.2) is 48.5 Å². The van der Waals surface area contributed by atoms with Crippen molar-refractivity contribution in [2.45, 2.75) is 45.2 Å². The molecule has 4 rings (SSSR count). The maximum atomic E-state index is 12.6. The average Bonchev–Trinajstić information content (AvgIpc) is 3.16. The predicted octanol–water partition coefficient (Wildman–Crippen LogP) is 3.59. The first-order valence-corrected chi connectivity index (χ1v) is 9.83. The first kappa shape index (κ1) is 17.3. The van der Waals surface area contributed by atoms with Crippen molar-refractivity contribution in [3.05, 3.63) is 70.8 Å². The van der Waals surface area contributed by atoms with Gasteiger partial charge in [-0.05, 0) is 42.9 Å². The summed E-state index contributed by atoms with van der Waals surface area (Å²) in [6.45, 7) is 6.07. The highest BCUT2D eigenvalue weighted by Crippen LogP contribution is 2.25. The molecule has 0 spiro atoms. The third-order valence-electron chi connectivity index (χ3n) is 5.90. The normalized spacial score (nSPS) is 20.2. The standard InChI is InChI=1S/C23H28N2O/c1-18-5-4-6-19(15-18)9-10-23(26)25-14-12-22(17-25)24-13-11-20-7-2-3-8-21(20)16-24/h2-8,15,22H,9-14,16-17H2,1H3. The van der Waals surface area contributed by atoms with Gasteiger partial charge in [-0.2, -0.15) is 0 Å². The van der Waals surface area contributed by atoms with Crippen molar-refractivity contribution in [3.63, 3.8) is 0 Å². The van der Waals surface area contributed by atoms with Gasteiger partial charge in [0.05, 0.1) is 0 Å². The Balaban J connectivity index is 1.30. The fraction of sp³-hybridized carbons (Fsp3) is 0.435. The zero-order valence-electron chi connectivity index (χ0n) is 15.7. The highest BCUT2D eigenvalue weighted by Gasteiger charge is 2.31. The lowest BCUT2D eigenvalue weighted by Gasteiger charge is -2.33. The molecule has 1 atom stereocenters. The van der Waals surface area contributed by atoms with Crippen molar-refractivity contribution in [3.8, 4) is 0 Å². The molecular formula is C23H28N2O. The number of carbonyl (C=O) groups is 1. The van der Waals surface area contributed by atoms with Crippen LogP contribution in [0.4, 0.5) is 0 Å². The Morgan fingerprint density at radius 1 is 1.08 bits per heavy atom. The molecular weight excluding hydrogens is 320 g/mol. The number of fused-ring (bicyclic) bond motifs is 1. The molecule has 0 N–H and O–H groups in total. The van der Waals surface area contributed by atoms with Gasteiger partial charge in [-0.1, -0.05) is 54.1 Å². The summed E-state index contributed by atoms with van der Waals surface area (Å²) in [5.41, 5.74) is 5.49. The number of rotatable bonds is 4.